The van der Waals surface area contributed by atoms with E-state index in [0.717, 1.165) is 11.3 Å². The van der Waals surface area contributed by atoms with E-state index in [9.17, 15) is 19.5 Å². The van der Waals surface area contributed by atoms with E-state index in [1.807, 2.05) is 0 Å². The number of phenols is 1. The number of nitrogens with one attached hydrogen (secondary N) is 3. The van der Waals surface area contributed by atoms with Gasteiger partial charge in [-0.1, -0.05) is 12.1 Å². The van der Waals surface area contributed by atoms with Crippen LogP contribution in [0.15, 0.2) is 53.1 Å². The van der Waals surface area contributed by atoms with Crippen LogP contribution in [0.25, 0.3) is 0 Å². The summed E-state index contributed by atoms with van der Waals surface area (Å²) >= 11 is 1.06. The van der Waals surface area contributed by atoms with Crippen molar-refractivity contribution in [1.82, 2.24) is 10.9 Å². The maximum absolute atomic E-state index is 12.3. The van der Waals surface area contributed by atoms with Crippen molar-refractivity contribution in [1.29, 1.82) is 0 Å². The number of hydrogen-bond donors (Lipinski definition) is 4. The number of aromatic hydroxyl groups is 1. The summed E-state index contributed by atoms with van der Waals surface area (Å²) in [6.45, 7) is 1.71. The van der Waals surface area contributed by atoms with Gasteiger partial charge in [0, 0.05) is 0 Å². The fourth-order valence-corrected chi connectivity index (χ4v) is 3.22. The molecule has 3 amide bonds. The Bertz CT molecular complexity index is 994. The minimum Gasteiger partial charge on any atom is -0.507 e. The summed E-state index contributed by atoms with van der Waals surface area (Å²) in [6.07, 6.45) is 1.39. The van der Waals surface area contributed by atoms with Gasteiger partial charge in [-0.25, -0.2) is 0 Å². The van der Waals surface area contributed by atoms with Crippen LogP contribution in [0.3, 0.4) is 0 Å². The third-order valence-corrected chi connectivity index (χ3v) is 4.70. The second-order valence-electron chi connectivity index (χ2n) is 5.48. The molecule has 0 saturated carbocycles. The van der Waals surface area contributed by atoms with Gasteiger partial charge in [0.1, 0.15) is 5.75 Å². The number of thiophene rings is 1. The van der Waals surface area contributed by atoms with Crippen molar-refractivity contribution in [2.45, 2.75) is 6.92 Å². The molecule has 2 aromatic heterocycles. The topological polar surface area (TPSA) is 121 Å². The molecule has 0 fully saturated rings. The van der Waals surface area contributed by atoms with Crippen LogP contribution < -0.4 is 16.2 Å². The molecule has 138 valence electrons. The minimum absolute atomic E-state index is 0.0344. The van der Waals surface area contributed by atoms with Crippen molar-refractivity contribution >= 4 is 34.1 Å². The predicted molar refractivity (Wildman–Crippen MR) is 98.8 cm³/mol. The van der Waals surface area contributed by atoms with Crippen LogP contribution in [-0.2, 0) is 0 Å². The molecular weight excluding hydrogens is 370 g/mol. The molecule has 0 unspecified atom stereocenters. The van der Waals surface area contributed by atoms with Gasteiger partial charge in [-0.2, -0.15) is 0 Å². The molecule has 4 N–H and O–H groups in total. The lowest BCUT2D eigenvalue weighted by Gasteiger charge is -2.08. The third kappa shape index (κ3) is 4.15. The van der Waals surface area contributed by atoms with Gasteiger partial charge in [0.25, 0.3) is 17.7 Å². The first kappa shape index (κ1) is 18.2. The first-order valence-corrected chi connectivity index (χ1v) is 8.61. The van der Waals surface area contributed by atoms with Crippen molar-refractivity contribution in [3.05, 3.63) is 70.5 Å². The van der Waals surface area contributed by atoms with E-state index in [1.165, 1.54) is 24.5 Å². The van der Waals surface area contributed by atoms with E-state index in [1.54, 1.807) is 31.2 Å². The number of phenolic OH excluding ortho intramolecular Hbond substituents is 1. The standard InChI is InChI=1S/C18H15N3O5S/c1-10-9-14(19-17(24)13-7-4-8-26-13)27-15(10)18(25)21-20-16(23)11-5-2-3-6-12(11)22/h2-9,22H,1H3,(H,19,24)(H,20,23)(H,21,25). The lowest BCUT2D eigenvalue weighted by molar-refractivity contribution is 0.0847. The number of aryl methyl sites for hydroxylation is 1. The number of rotatable bonds is 4. The number of benzene rings is 1. The molecule has 0 spiro atoms. The molecule has 8 nitrogen and oxygen atoms in total. The molecule has 0 atom stereocenters. The quantitative estimate of drug-likeness (QED) is 0.515. The van der Waals surface area contributed by atoms with Crippen molar-refractivity contribution in [2.75, 3.05) is 5.32 Å². The summed E-state index contributed by atoms with van der Waals surface area (Å²) in [5, 5.41) is 12.8. The van der Waals surface area contributed by atoms with Gasteiger partial charge >= 0.3 is 0 Å². The molecule has 27 heavy (non-hydrogen) atoms. The van der Waals surface area contributed by atoms with Crippen molar-refractivity contribution in [2.24, 2.45) is 0 Å². The average Bonchev–Trinajstić information content (AvgIpc) is 3.30. The molecular formula is C18H15N3O5S. The molecule has 1 aromatic carbocycles. The van der Waals surface area contributed by atoms with Crippen LogP contribution >= 0.6 is 11.3 Å². The van der Waals surface area contributed by atoms with Crippen LogP contribution in [0.1, 0.15) is 36.1 Å². The molecule has 0 aliphatic rings. The predicted octanol–water partition coefficient (Wildman–Crippen LogP) is 2.68. The molecule has 0 aliphatic heterocycles. The fourth-order valence-electron chi connectivity index (χ4n) is 2.25. The van der Waals surface area contributed by atoms with Crippen molar-refractivity contribution in [3.63, 3.8) is 0 Å². The summed E-state index contributed by atoms with van der Waals surface area (Å²) in [5.74, 6) is -1.66. The number of amides is 3. The van der Waals surface area contributed by atoms with E-state index in [2.05, 4.69) is 16.2 Å². The molecule has 3 rings (SSSR count). The highest BCUT2D eigenvalue weighted by Gasteiger charge is 2.18. The number of carbonyl (C=O) groups is 3. The summed E-state index contributed by atoms with van der Waals surface area (Å²) in [6, 6.07) is 10.7. The van der Waals surface area contributed by atoms with Crippen LogP contribution in [0.4, 0.5) is 5.00 Å². The molecule has 2 heterocycles. The summed E-state index contributed by atoms with van der Waals surface area (Å²) < 4.78 is 5.01. The molecule has 0 bridgehead atoms. The van der Waals surface area contributed by atoms with Crippen LogP contribution in [0, 0.1) is 6.92 Å². The molecule has 9 heteroatoms. The number of hydrogen-bond acceptors (Lipinski definition) is 6. The molecule has 0 aliphatic carbocycles. The fraction of sp³-hybridized carbons (Fsp3) is 0.0556. The Morgan fingerprint density at radius 3 is 2.44 bits per heavy atom. The SMILES string of the molecule is Cc1cc(NC(=O)c2ccco2)sc1C(=O)NNC(=O)c1ccccc1O. The zero-order valence-electron chi connectivity index (χ0n) is 14.1. The summed E-state index contributed by atoms with van der Waals surface area (Å²) in [7, 11) is 0. The number of furan rings is 1. The van der Waals surface area contributed by atoms with Crippen LogP contribution in [-0.4, -0.2) is 22.8 Å². The van der Waals surface area contributed by atoms with Gasteiger partial charge in [0.15, 0.2) is 5.76 Å². The third-order valence-electron chi connectivity index (χ3n) is 3.54. The summed E-state index contributed by atoms with van der Waals surface area (Å²) in [5.41, 5.74) is 5.20. The van der Waals surface area contributed by atoms with Gasteiger partial charge in [-0.05, 0) is 42.8 Å². The highest BCUT2D eigenvalue weighted by molar-refractivity contribution is 7.18. The normalized spacial score (nSPS) is 10.3. The van der Waals surface area contributed by atoms with E-state index in [-0.39, 0.29) is 17.1 Å². The maximum atomic E-state index is 12.3. The maximum Gasteiger partial charge on any atom is 0.291 e. The van der Waals surface area contributed by atoms with E-state index >= 15 is 0 Å². The van der Waals surface area contributed by atoms with Gasteiger partial charge in [0.05, 0.1) is 21.7 Å². The smallest absolute Gasteiger partial charge is 0.291 e. The zero-order chi connectivity index (χ0) is 19.4. The Balaban J connectivity index is 1.63. The lowest BCUT2D eigenvalue weighted by atomic mass is 10.2. The second-order valence-corrected chi connectivity index (χ2v) is 6.53. The van der Waals surface area contributed by atoms with Gasteiger partial charge < -0.3 is 14.8 Å². The van der Waals surface area contributed by atoms with Crippen LogP contribution in [0.2, 0.25) is 0 Å². The Morgan fingerprint density at radius 2 is 1.74 bits per heavy atom. The van der Waals surface area contributed by atoms with Crippen molar-refractivity contribution in [3.8, 4) is 5.75 Å². The Morgan fingerprint density at radius 1 is 1.00 bits per heavy atom. The Kier molecular flexibility index (Phi) is 5.23. The van der Waals surface area contributed by atoms with Gasteiger partial charge in [-0.3, -0.25) is 25.2 Å². The Hall–Kier alpha value is -3.59. The van der Waals surface area contributed by atoms with E-state index in [0.29, 0.717) is 15.4 Å². The zero-order valence-corrected chi connectivity index (χ0v) is 14.9. The van der Waals surface area contributed by atoms with E-state index < -0.39 is 17.7 Å². The molecule has 3 aromatic rings. The molecule has 0 radical (unpaired) electrons. The second kappa shape index (κ2) is 7.75. The van der Waals surface area contributed by atoms with E-state index in [4.69, 9.17) is 4.42 Å². The Labute approximate surface area is 157 Å². The van der Waals surface area contributed by atoms with Gasteiger partial charge in [-0.15, -0.1) is 11.3 Å². The van der Waals surface area contributed by atoms with Crippen molar-refractivity contribution < 1.29 is 23.9 Å². The summed E-state index contributed by atoms with van der Waals surface area (Å²) in [4.78, 5) is 36.6. The number of para-hydroxylation sites is 1. The number of carbonyl (C=O) groups excluding carboxylic acids is 3. The molecule has 0 saturated heterocycles. The highest BCUT2D eigenvalue weighted by Crippen LogP contribution is 2.27. The first-order chi connectivity index (χ1) is 13.0. The van der Waals surface area contributed by atoms with Gasteiger partial charge in [0.2, 0.25) is 0 Å². The number of anilines is 1. The largest absolute Gasteiger partial charge is 0.507 e. The lowest BCUT2D eigenvalue weighted by Crippen LogP contribution is -2.41. The number of hydrazine groups is 1. The monoisotopic (exact) mass is 385 g/mol. The first-order valence-electron chi connectivity index (χ1n) is 7.79. The average molecular weight is 385 g/mol. The van der Waals surface area contributed by atoms with Crippen LogP contribution in [0.5, 0.6) is 5.75 Å². The highest BCUT2D eigenvalue weighted by atomic mass is 32.1. The minimum atomic E-state index is -0.651.